The fourth-order valence-corrected chi connectivity index (χ4v) is 3.89. The second kappa shape index (κ2) is 9.95. The van der Waals surface area contributed by atoms with Crippen LogP contribution >= 0.6 is 0 Å². The van der Waals surface area contributed by atoms with Crippen molar-refractivity contribution in [3.8, 4) is 0 Å². The van der Waals surface area contributed by atoms with Crippen LogP contribution in [0, 0.1) is 0 Å². The highest BCUT2D eigenvalue weighted by molar-refractivity contribution is 5.99. The molecule has 0 spiro atoms. The van der Waals surface area contributed by atoms with Gasteiger partial charge in [-0.3, -0.25) is 4.79 Å². The quantitative estimate of drug-likeness (QED) is 0.488. The van der Waals surface area contributed by atoms with Gasteiger partial charge in [-0.25, -0.2) is 15.0 Å². The summed E-state index contributed by atoms with van der Waals surface area (Å²) in [6, 6.07) is 8.19. The number of aromatic nitrogens is 4. The molecule has 0 unspecified atom stereocenters. The van der Waals surface area contributed by atoms with Gasteiger partial charge in [-0.15, -0.1) is 0 Å². The average Bonchev–Trinajstić information content (AvgIpc) is 2.78. The van der Waals surface area contributed by atoms with Crippen molar-refractivity contribution in [3.05, 3.63) is 59.0 Å². The van der Waals surface area contributed by atoms with Gasteiger partial charge in [-0.1, -0.05) is 26.8 Å². The minimum atomic E-state index is -0.266. The monoisotopic (exact) mass is 474 g/mol. The van der Waals surface area contributed by atoms with Crippen LogP contribution in [-0.4, -0.2) is 50.4 Å². The number of amides is 1. The Balaban J connectivity index is 1.65. The van der Waals surface area contributed by atoms with Crippen molar-refractivity contribution in [1.82, 2.24) is 30.2 Å². The van der Waals surface area contributed by atoms with Gasteiger partial charge in [0, 0.05) is 42.6 Å². The third-order valence-electron chi connectivity index (χ3n) is 5.77. The molecule has 4 rings (SSSR count). The number of hydrogen-bond donors (Lipinski definition) is 3. The molecule has 35 heavy (non-hydrogen) atoms. The van der Waals surface area contributed by atoms with Crippen LogP contribution < -0.4 is 16.0 Å². The minimum Gasteiger partial charge on any atom is -0.350 e. The maximum absolute atomic E-state index is 12.9. The van der Waals surface area contributed by atoms with Crippen LogP contribution in [-0.2, 0) is 18.4 Å². The topological polar surface area (TPSA) is 108 Å². The van der Waals surface area contributed by atoms with Gasteiger partial charge in [0.05, 0.1) is 5.69 Å². The molecular formula is C26H34N8O. The van der Waals surface area contributed by atoms with E-state index in [1.807, 2.05) is 26.0 Å². The van der Waals surface area contributed by atoms with E-state index in [9.17, 15) is 4.79 Å². The number of carbonyl (C=O) groups is 1. The van der Waals surface area contributed by atoms with E-state index >= 15 is 0 Å². The second-order valence-electron chi connectivity index (χ2n) is 10.3. The van der Waals surface area contributed by atoms with E-state index in [0.717, 1.165) is 30.9 Å². The highest BCUT2D eigenvalue weighted by Crippen LogP contribution is 2.26. The van der Waals surface area contributed by atoms with Crippen LogP contribution in [0.3, 0.4) is 0 Å². The SMILES string of the molecule is CC(C)NC(=O)c1cnc(Nc2ccc3c(c2)CN(C)CC3)nc1Nc1nccc(C(C)(C)C)n1. The first-order chi connectivity index (χ1) is 16.6. The number of nitrogens with one attached hydrogen (secondary N) is 3. The number of anilines is 4. The molecule has 0 fully saturated rings. The maximum atomic E-state index is 12.9. The molecule has 0 aliphatic carbocycles. The predicted molar refractivity (Wildman–Crippen MR) is 138 cm³/mol. The Morgan fingerprint density at radius 3 is 2.54 bits per heavy atom. The molecule has 1 aromatic carbocycles. The number of benzene rings is 1. The molecule has 9 heteroatoms. The number of likely N-dealkylation sites (N-methyl/N-ethyl adjacent to an activating group) is 1. The minimum absolute atomic E-state index is 0.0257. The average molecular weight is 475 g/mol. The number of hydrogen-bond acceptors (Lipinski definition) is 8. The molecule has 0 atom stereocenters. The van der Waals surface area contributed by atoms with E-state index < -0.39 is 0 Å². The molecule has 9 nitrogen and oxygen atoms in total. The number of rotatable bonds is 6. The molecule has 0 radical (unpaired) electrons. The van der Waals surface area contributed by atoms with Gasteiger partial charge < -0.3 is 20.9 Å². The smallest absolute Gasteiger partial charge is 0.256 e. The molecule has 3 aromatic rings. The van der Waals surface area contributed by atoms with Crippen LogP contribution in [0.4, 0.5) is 23.4 Å². The number of carbonyl (C=O) groups excluding carboxylic acids is 1. The van der Waals surface area contributed by atoms with Gasteiger partial charge in [-0.05, 0) is 56.6 Å². The molecule has 0 bridgehead atoms. The lowest BCUT2D eigenvalue weighted by atomic mass is 9.92. The second-order valence-corrected chi connectivity index (χ2v) is 10.3. The Labute approximate surface area is 206 Å². The summed E-state index contributed by atoms with van der Waals surface area (Å²) in [5, 5.41) is 9.33. The van der Waals surface area contributed by atoms with Gasteiger partial charge in [0.2, 0.25) is 11.9 Å². The molecule has 1 amide bonds. The van der Waals surface area contributed by atoms with Crippen molar-refractivity contribution >= 4 is 29.3 Å². The van der Waals surface area contributed by atoms with Crippen molar-refractivity contribution in [1.29, 1.82) is 0 Å². The highest BCUT2D eigenvalue weighted by atomic mass is 16.1. The summed E-state index contributed by atoms with van der Waals surface area (Å²) in [5.41, 5.74) is 4.62. The van der Waals surface area contributed by atoms with Crippen molar-refractivity contribution < 1.29 is 4.79 Å². The first-order valence-corrected chi connectivity index (χ1v) is 11.9. The van der Waals surface area contributed by atoms with Crippen LogP contribution in [0.15, 0.2) is 36.7 Å². The summed E-state index contributed by atoms with van der Waals surface area (Å²) >= 11 is 0. The largest absolute Gasteiger partial charge is 0.350 e. The van der Waals surface area contributed by atoms with Crippen LogP contribution in [0.5, 0.6) is 0 Å². The first kappa shape index (κ1) is 24.5. The van der Waals surface area contributed by atoms with E-state index in [-0.39, 0.29) is 17.4 Å². The zero-order valence-corrected chi connectivity index (χ0v) is 21.3. The Morgan fingerprint density at radius 2 is 1.80 bits per heavy atom. The van der Waals surface area contributed by atoms with Gasteiger partial charge in [-0.2, -0.15) is 4.98 Å². The van der Waals surface area contributed by atoms with Crippen molar-refractivity contribution in [3.63, 3.8) is 0 Å². The van der Waals surface area contributed by atoms with E-state index in [1.165, 1.54) is 17.3 Å². The molecule has 0 saturated carbocycles. The van der Waals surface area contributed by atoms with E-state index in [0.29, 0.717) is 23.3 Å². The lowest BCUT2D eigenvalue weighted by Gasteiger charge is -2.25. The Hall–Kier alpha value is -3.59. The molecular weight excluding hydrogens is 440 g/mol. The third kappa shape index (κ3) is 6.10. The van der Waals surface area contributed by atoms with Crippen molar-refractivity contribution in [2.75, 3.05) is 24.2 Å². The Kier molecular flexibility index (Phi) is 6.98. The molecule has 184 valence electrons. The fourth-order valence-electron chi connectivity index (χ4n) is 3.89. The van der Waals surface area contributed by atoms with Crippen molar-refractivity contribution in [2.45, 2.75) is 59.0 Å². The van der Waals surface area contributed by atoms with E-state index in [2.05, 4.69) is 80.7 Å². The molecule has 1 aliphatic rings. The summed E-state index contributed by atoms with van der Waals surface area (Å²) in [6.07, 6.45) is 4.27. The first-order valence-electron chi connectivity index (χ1n) is 11.9. The lowest BCUT2D eigenvalue weighted by molar-refractivity contribution is 0.0943. The predicted octanol–water partition coefficient (Wildman–Crippen LogP) is 4.18. The van der Waals surface area contributed by atoms with Gasteiger partial charge in [0.1, 0.15) is 5.56 Å². The van der Waals surface area contributed by atoms with Crippen molar-refractivity contribution in [2.24, 2.45) is 0 Å². The summed E-state index contributed by atoms with van der Waals surface area (Å²) < 4.78 is 0. The zero-order valence-electron chi connectivity index (χ0n) is 21.3. The van der Waals surface area contributed by atoms with Gasteiger partial charge in [0.25, 0.3) is 5.91 Å². The highest BCUT2D eigenvalue weighted by Gasteiger charge is 2.20. The lowest BCUT2D eigenvalue weighted by Crippen LogP contribution is -2.31. The van der Waals surface area contributed by atoms with E-state index in [1.54, 1.807) is 6.20 Å². The normalized spacial score (nSPS) is 13.9. The summed E-state index contributed by atoms with van der Waals surface area (Å²) in [5.74, 6) is 0.824. The summed E-state index contributed by atoms with van der Waals surface area (Å²) in [7, 11) is 2.13. The van der Waals surface area contributed by atoms with E-state index in [4.69, 9.17) is 0 Å². The summed E-state index contributed by atoms with van der Waals surface area (Å²) in [6.45, 7) is 12.1. The molecule has 0 saturated heterocycles. The molecule has 2 aromatic heterocycles. The standard InChI is InChI=1S/C26H34N8O/c1-16(2)29-23(35)20-14-28-25(30-19-8-7-17-10-12-34(6)15-18(17)13-19)33-22(20)32-24-27-11-9-21(31-24)26(3,4)5/h7-9,11,13-14,16H,10,12,15H2,1-6H3,(H,29,35)(H2,27,28,30,31,32,33). The maximum Gasteiger partial charge on any atom is 0.256 e. The van der Waals surface area contributed by atoms with Crippen LogP contribution in [0.25, 0.3) is 0 Å². The van der Waals surface area contributed by atoms with Gasteiger partial charge in [0.15, 0.2) is 5.82 Å². The van der Waals surface area contributed by atoms with Crippen LogP contribution in [0.1, 0.15) is 61.8 Å². The molecule has 3 N–H and O–H groups in total. The summed E-state index contributed by atoms with van der Waals surface area (Å²) in [4.78, 5) is 33.2. The van der Waals surface area contributed by atoms with Crippen LogP contribution in [0.2, 0.25) is 0 Å². The number of nitrogens with zero attached hydrogens (tertiary/aromatic N) is 5. The Morgan fingerprint density at radius 1 is 1.03 bits per heavy atom. The number of fused-ring (bicyclic) bond motifs is 1. The zero-order chi connectivity index (χ0) is 25.2. The third-order valence-corrected chi connectivity index (χ3v) is 5.77. The molecule has 1 aliphatic heterocycles. The molecule has 3 heterocycles. The van der Waals surface area contributed by atoms with Gasteiger partial charge >= 0.3 is 0 Å². The fraction of sp³-hybridized carbons (Fsp3) is 0.423. The Bertz CT molecular complexity index is 1220.